The zero-order chi connectivity index (χ0) is 23.3. The molecule has 1 aliphatic heterocycles. The Bertz CT molecular complexity index is 806. The van der Waals surface area contributed by atoms with Crippen molar-refractivity contribution in [3.8, 4) is 5.75 Å². The van der Waals surface area contributed by atoms with E-state index in [1.165, 1.54) is 24.0 Å². The Morgan fingerprint density at radius 1 is 0.938 bits per heavy atom. The fourth-order valence-corrected chi connectivity index (χ4v) is 3.16. The minimum atomic E-state index is -0.444. The van der Waals surface area contributed by atoms with Crippen LogP contribution in [0.1, 0.15) is 6.92 Å². The Morgan fingerprint density at radius 2 is 1.44 bits per heavy atom. The van der Waals surface area contributed by atoms with E-state index in [0.717, 1.165) is 0 Å². The van der Waals surface area contributed by atoms with Crippen molar-refractivity contribution in [3.63, 3.8) is 0 Å². The van der Waals surface area contributed by atoms with Crippen LogP contribution in [0.3, 0.4) is 0 Å². The highest BCUT2D eigenvalue weighted by Gasteiger charge is 2.19. The summed E-state index contributed by atoms with van der Waals surface area (Å²) in [7, 11) is 0. The molecule has 12 heteroatoms. The SMILES string of the molecule is C/C(N=Nc1cc(Cl)cc(Cl)c1O)=C(\Cl)C(=O)N1CCOCCOCCOCCOCC1. The topological polar surface area (TPSA) is 102 Å². The van der Waals surface area contributed by atoms with E-state index in [1.807, 2.05) is 0 Å². The second-order valence-corrected chi connectivity index (χ2v) is 7.82. The summed E-state index contributed by atoms with van der Waals surface area (Å²) in [5, 5.41) is 18.0. The van der Waals surface area contributed by atoms with Crippen LogP contribution in [0.25, 0.3) is 0 Å². The number of rotatable bonds is 3. The van der Waals surface area contributed by atoms with Gasteiger partial charge in [-0.15, -0.1) is 5.11 Å². The highest BCUT2D eigenvalue weighted by molar-refractivity contribution is 6.42. The molecule has 2 rings (SSSR count). The number of hydrogen-bond donors (Lipinski definition) is 1. The zero-order valence-electron chi connectivity index (χ0n) is 17.7. The second kappa shape index (κ2) is 14.6. The van der Waals surface area contributed by atoms with Crippen LogP contribution >= 0.6 is 34.8 Å². The molecule has 0 atom stereocenters. The van der Waals surface area contributed by atoms with Crippen LogP contribution in [0, 0.1) is 0 Å². The van der Waals surface area contributed by atoms with Crippen molar-refractivity contribution in [3.05, 3.63) is 32.9 Å². The number of nitrogens with zero attached hydrogens (tertiary/aromatic N) is 3. The lowest BCUT2D eigenvalue weighted by atomic mass is 10.3. The summed E-state index contributed by atoms with van der Waals surface area (Å²) < 4.78 is 21.8. The lowest BCUT2D eigenvalue weighted by molar-refractivity contribution is -0.128. The summed E-state index contributed by atoms with van der Waals surface area (Å²) >= 11 is 18.1. The van der Waals surface area contributed by atoms with E-state index < -0.39 is 5.91 Å². The van der Waals surface area contributed by atoms with E-state index in [0.29, 0.717) is 65.9 Å². The number of ether oxygens (including phenoxy) is 4. The second-order valence-electron chi connectivity index (χ2n) is 6.60. The normalized spacial score (nSPS) is 18.7. The van der Waals surface area contributed by atoms with Crippen molar-refractivity contribution >= 4 is 46.4 Å². The Hall–Kier alpha value is -1.46. The molecule has 1 amide bonds. The average molecular weight is 511 g/mol. The summed E-state index contributed by atoms with van der Waals surface area (Å²) in [5.41, 5.74) is 0.214. The average Bonchev–Trinajstić information content (AvgIpc) is 2.78. The fourth-order valence-electron chi connectivity index (χ4n) is 2.52. The number of carbonyl (C=O) groups excluding carboxylic acids is 1. The Kier molecular flexibility index (Phi) is 12.3. The standard InChI is InChI=1S/C20H26Cl3N3O6/c1-14(24-25-17-13-15(21)12-16(22)19(17)27)18(23)20(28)26-2-4-29-6-8-31-10-11-32-9-7-30-5-3-26/h12-13,27H,2-11H2,1H3/b18-14+,25-24?. The van der Waals surface area contributed by atoms with Crippen LogP contribution in [0.2, 0.25) is 10.0 Å². The van der Waals surface area contributed by atoms with Gasteiger partial charge in [0.1, 0.15) is 10.7 Å². The van der Waals surface area contributed by atoms with Gasteiger partial charge in [-0.2, -0.15) is 5.11 Å². The van der Waals surface area contributed by atoms with E-state index in [9.17, 15) is 9.90 Å². The number of hydrogen-bond acceptors (Lipinski definition) is 8. The van der Waals surface area contributed by atoms with Crippen LogP contribution in [0.4, 0.5) is 5.69 Å². The van der Waals surface area contributed by atoms with Gasteiger partial charge >= 0.3 is 0 Å². The molecule has 0 unspecified atom stereocenters. The van der Waals surface area contributed by atoms with Gasteiger partial charge in [-0.05, 0) is 19.1 Å². The van der Waals surface area contributed by atoms with Crippen LogP contribution < -0.4 is 0 Å². The molecule has 0 aromatic heterocycles. The van der Waals surface area contributed by atoms with Gasteiger partial charge in [0, 0.05) is 18.1 Å². The molecule has 1 heterocycles. The van der Waals surface area contributed by atoms with E-state index >= 15 is 0 Å². The number of amides is 1. The maximum Gasteiger partial charge on any atom is 0.267 e. The lowest BCUT2D eigenvalue weighted by Gasteiger charge is -2.22. The summed E-state index contributed by atoms with van der Waals surface area (Å²) in [4.78, 5) is 14.4. The van der Waals surface area contributed by atoms with E-state index in [4.69, 9.17) is 53.8 Å². The quantitative estimate of drug-likeness (QED) is 0.484. The fraction of sp³-hybridized carbons (Fsp3) is 0.550. The number of azo groups is 1. The molecule has 0 bridgehead atoms. The molecule has 1 saturated heterocycles. The smallest absolute Gasteiger partial charge is 0.267 e. The molecule has 32 heavy (non-hydrogen) atoms. The highest BCUT2D eigenvalue weighted by Crippen LogP contribution is 2.37. The molecule has 0 spiro atoms. The summed E-state index contributed by atoms with van der Waals surface area (Å²) in [6.45, 7) is 5.43. The molecular weight excluding hydrogens is 485 g/mol. The largest absolute Gasteiger partial charge is 0.504 e. The van der Waals surface area contributed by atoms with Gasteiger partial charge in [-0.25, -0.2) is 0 Å². The number of halogens is 3. The molecule has 1 aromatic rings. The first-order chi connectivity index (χ1) is 15.4. The molecular formula is C20H26Cl3N3O6. The maximum atomic E-state index is 12.9. The minimum Gasteiger partial charge on any atom is -0.504 e. The molecule has 1 fully saturated rings. The number of allylic oxidation sites excluding steroid dienone is 1. The molecule has 178 valence electrons. The van der Waals surface area contributed by atoms with Crippen LogP contribution in [-0.4, -0.2) is 81.9 Å². The van der Waals surface area contributed by atoms with Crippen molar-refractivity contribution in [2.24, 2.45) is 10.2 Å². The molecule has 0 radical (unpaired) electrons. The number of phenolic OH excluding ortho intramolecular Hbond substituents is 1. The van der Waals surface area contributed by atoms with Gasteiger partial charge in [0.05, 0.1) is 63.6 Å². The van der Waals surface area contributed by atoms with Crippen molar-refractivity contribution in [1.29, 1.82) is 0 Å². The number of phenols is 1. The van der Waals surface area contributed by atoms with Gasteiger partial charge in [0.2, 0.25) is 0 Å². The predicted octanol–water partition coefficient (Wildman–Crippen LogP) is 4.16. The van der Waals surface area contributed by atoms with Gasteiger partial charge < -0.3 is 29.0 Å². The van der Waals surface area contributed by atoms with E-state index in [1.54, 1.807) is 0 Å². The van der Waals surface area contributed by atoms with Crippen LogP contribution in [0.15, 0.2) is 33.1 Å². The third kappa shape index (κ3) is 9.19. The van der Waals surface area contributed by atoms with Crippen LogP contribution in [-0.2, 0) is 23.7 Å². The van der Waals surface area contributed by atoms with Crippen molar-refractivity contribution in [1.82, 2.24) is 4.90 Å². The van der Waals surface area contributed by atoms with E-state index in [-0.39, 0.29) is 32.2 Å². The van der Waals surface area contributed by atoms with Gasteiger partial charge in [0.25, 0.3) is 5.91 Å². The Labute approximate surface area is 201 Å². The lowest BCUT2D eigenvalue weighted by Crippen LogP contribution is -2.37. The summed E-state index contributed by atoms with van der Waals surface area (Å²) in [6.07, 6.45) is 0. The zero-order valence-corrected chi connectivity index (χ0v) is 20.0. The molecule has 0 aliphatic carbocycles. The van der Waals surface area contributed by atoms with E-state index in [2.05, 4.69) is 10.2 Å². The summed E-state index contributed by atoms with van der Waals surface area (Å²) in [6, 6.07) is 2.77. The van der Waals surface area contributed by atoms with Gasteiger partial charge in [-0.3, -0.25) is 4.79 Å². The number of carbonyl (C=O) groups is 1. The van der Waals surface area contributed by atoms with Crippen LogP contribution in [0.5, 0.6) is 5.75 Å². The minimum absolute atomic E-state index is 0.0348. The van der Waals surface area contributed by atoms with Crippen molar-refractivity contribution < 1.29 is 28.8 Å². The van der Waals surface area contributed by atoms with Gasteiger partial charge in [0.15, 0.2) is 5.75 Å². The molecule has 1 aromatic carbocycles. The monoisotopic (exact) mass is 509 g/mol. The molecule has 1 aliphatic rings. The molecule has 9 nitrogen and oxygen atoms in total. The summed E-state index contributed by atoms with van der Waals surface area (Å²) in [5.74, 6) is -0.719. The first-order valence-corrected chi connectivity index (χ1v) is 11.1. The third-order valence-corrected chi connectivity index (χ3v) is 5.18. The maximum absolute atomic E-state index is 12.9. The Morgan fingerprint density at radius 3 is 1.97 bits per heavy atom. The molecule has 1 N–H and O–H groups in total. The van der Waals surface area contributed by atoms with Crippen molar-refractivity contribution in [2.75, 3.05) is 65.9 Å². The molecule has 0 saturated carbocycles. The number of aromatic hydroxyl groups is 1. The first-order valence-electron chi connectivity index (χ1n) is 9.96. The number of benzene rings is 1. The highest BCUT2D eigenvalue weighted by atomic mass is 35.5. The predicted molar refractivity (Wildman–Crippen MR) is 121 cm³/mol. The Balaban J connectivity index is 2.06. The van der Waals surface area contributed by atoms with Gasteiger partial charge in [-0.1, -0.05) is 34.8 Å². The van der Waals surface area contributed by atoms with Crippen molar-refractivity contribution in [2.45, 2.75) is 6.92 Å². The first kappa shape index (κ1) is 26.8. The third-order valence-electron chi connectivity index (χ3n) is 4.24.